The third kappa shape index (κ3) is 5.14. The average Bonchev–Trinajstić information content (AvgIpc) is 3.30. The highest BCUT2D eigenvalue weighted by Gasteiger charge is 2.35. The number of hydrogen-bond acceptors (Lipinski definition) is 8. The highest BCUT2D eigenvalue weighted by Crippen LogP contribution is 2.31. The number of aromatic nitrogens is 4. The van der Waals surface area contributed by atoms with Crippen LogP contribution in [0.25, 0.3) is 0 Å². The molecule has 3 heterocycles. The molecule has 0 saturated carbocycles. The van der Waals surface area contributed by atoms with Gasteiger partial charge in [0.05, 0.1) is 0 Å². The Hall–Kier alpha value is -3.20. The zero-order chi connectivity index (χ0) is 24.5. The molecule has 15 heteroatoms. The maximum absolute atomic E-state index is 14.6. The van der Waals surface area contributed by atoms with Crippen molar-refractivity contribution in [3.8, 4) is 0 Å². The number of alkyl halides is 3. The van der Waals surface area contributed by atoms with E-state index in [9.17, 15) is 30.8 Å². The lowest BCUT2D eigenvalue weighted by Crippen LogP contribution is -2.38. The Morgan fingerprint density at radius 2 is 1.88 bits per heavy atom. The van der Waals surface area contributed by atoms with Gasteiger partial charge in [0.2, 0.25) is 11.0 Å². The summed E-state index contributed by atoms with van der Waals surface area (Å²) in [5.41, 5.74) is 0.199. The van der Waals surface area contributed by atoms with E-state index in [0.29, 0.717) is 12.8 Å². The Kier molecular flexibility index (Phi) is 6.49. The number of sulfonamides is 1. The number of amides is 1. The number of benzene rings is 1. The van der Waals surface area contributed by atoms with Crippen LogP contribution >= 0.6 is 11.5 Å². The van der Waals surface area contributed by atoms with Gasteiger partial charge < -0.3 is 4.90 Å². The quantitative estimate of drug-likeness (QED) is 0.517. The number of rotatable bonds is 5. The minimum Gasteiger partial charge on any atom is -0.339 e. The molecule has 1 amide bonds. The van der Waals surface area contributed by atoms with Crippen LogP contribution in [0.1, 0.15) is 40.6 Å². The minimum atomic E-state index is -4.65. The van der Waals surface area contributed by atoms with Gasteiger partial charge in [0.15, 0.2) is 0 Å². The average molecular weight is 517 g/mol. The second-order valence-corrected chi connectivity index (χ2v) is 9.80. The molecule has 0 unspecified atom stereocenters. The molecule has 1 aliphatic heterocycles. The minimum absolute atomic E-state index is 0.0338. The van der Waals surface area contributed by atoms with E-state index < -0.39 is 38.6 Å². The molecule has 4 rings (SSSR count). The number of nitrogens with one attached hydrogen (secondary N) is 1. The van der Waals surface area contributed by atoms with Crippen molar-refractivity contribution < 1.29 is 30.8 Å². The van der Waals surface area contributed by atoms with Gasteiger partial charge in [-0.3, -0.25) is 9.52 Å². The first-order valence-electron chi connectivity index (χ1n) is 9.83. The summed E-state index contributed by atoms with van der Waals surface area (Å²) in [5.74, 6) is -3.13. The first-order chi connectivity index (χ1) is 16.0. The summed E-state index contributed by atoms with van der Waals surface area (Å²) in [4.78, 5) is 24.1. The van der Waals surface area contributed by atoms with Crippen LogP contribution in [-0.4, -0.2) is 51.6 Å². The summed E-state index contributed by atoms with van der Waals surface area (Å²) in [6, 6.07) is 4.44. The van der Waals surface area contributed by atoms with E-state index in [0.717, 1.165) is 36.2 Å². The molecule has 2 aromatic heterocycles. The van der Waals surface area contributed by atoms with Gasteiger partial charge in [0.25, 0.3) is 15.9 Å². The van der Waals surface area contributed by atoms with Gasteiger partial charge in [0, 0.05) is 48.0 Å². The van der Waals surface area contributed by atoms with E-state index in [-0.39, 0.29) is 35.4 Å². The molecule has 0 spiro atoms. The molecule has 1 aliphatic rings. The summed E-state index contributed by atoms with van der Waals surface area (Å²) in [6.07, 6.45) is -1.73. The SMILES string of the molecule is O=C(c1ccc(S(=O)(=O)Nc2ncns2)c(F)c1)N1CCC(c2ccnc(C(F)(F)F)n2)CC1. The zero-order valence-electron chi connectivity index (χ0n) is 17.2. The second kappa shape index (κ2) is 9.21. The van der Waals surface area contributed by atoms with Gasteiger partial charge in [-0.2, -0.15) is 17.5 Å². The third-order valence-corrected chi connectivity index (χ3v) is 7.26. The Morgan fingerprint density at radius 3 is 2.50 bits per heavy atom. The van der Waals surface area contributed by atoms with Crippen LogP contribution < -0.4 is 4.72 Å². The predicted octanol–water partition coefficient (Wildman–Crippen LogP) is 3.31. The number of carbonyl (C=O) groups excluding carboxylic acids is 1. The van der Waals surface area contributed by atoms with Crippen LogP contribution in [0.3, 0.4) is 0 Å². The number of halogens is 4. The molecular weight excluding hydrogens is 500 g/mol. The molecule has 0 bridgehead atoms. The van der Waals surface area contributed by atoms with E-state index >= 15 is 0 Å². The summed E-state index contributed by atoms with van der Waals surface area (Å²) in [5, 5.41) is -0.0338. The lowest BCUT2D eigenvalue weighted by molar-refractivity contribution is -0.145. The topological polar surface area (TPSA) is 118 Å². The van der Waals surface area contributed by atoms with Crippen molar-refractivity contribution in [1.29, 1.82) is 0 Å². The van der Waals surface area contributed by atoms with E-state index in [1.54, 1.807) is 0 Å². The van der Waals surface area contributed by atoms with E-state index in [4.69, 9.17) is 0 Å². The predicted molar refractivity (Wildman–Crippen MR) is 112 cm³/mol. The van der Waals surface area contributed by atoms with Gasteiger partial charge >= 0.3 is 6.18 Å². The molecule has 34 heavy (non-hydrogen) atoms. The highest BCUT2D eigenvalue weighted by atomic mass is 32.2. The summed E-state index contributed by atoms with van der Waals surface area (Å²) in [7, 11) is -4.27. The van der Waals surface area contributed by atoms with Crippen LogP contribution in [-0.2, 0) is 16.2 Å². The van der Waals surface area contributed by atoms with Gasteiger partial charge in [-0.25, -0.2) is 27.8 Å². The summed E-state index contributed by atoms with van der Waals surface area (Å²) < 4.78 is 83.7. The molecule has 0 aliphatic carbocycles. The fourth-order valence-corrected chi connectivity index (χ4v) is 5.26. The van der Waals surface area contributed by atoms with E-state index in [1.165, 1.54) is 17.0 Å². The lowest BCUT2D eigenvalue weighted by atomic mass is 9.93. The van der Waals surface area contributed by atoms with Crippen molar-refractivity contribution >= 4 is 32.6 Å². The molecule has 180 valence electrons. The molecular formula is C19H16F4N6O3S2. The Bertz CT molecular complexity index is 1290. The normalized spacial score (nSPS) is 15.4. The number of nitrogens with zero attached hydrogens (tertiary/aromatic N) is 5. The smallest absolute Gasteiger partial charge is 0.339 e. The Morgan fingerprint density at radius 1 is 1.15 bits per heavy atom. The largest absolute Gasteiger partial charge is 0.451 e. The number of carbonyl (C=O) groups is 1. The Balaban J connectivity index is 1.43. The molecule has 1 N–H and O–H groups in total. The Labute approximate surface area is 195 Å². The van der Waals surface area contributed by atoms with Gasteiger partial charge in [-0.15, -0.1) is 0 Å². The first kappa shape index (κ1) is 23.9. The van der Waals surface area contributed by atoms with Crippen LogP contribution in [0.2, 0.25) is 0 Å². The molecule has 1 saturated heterocycles. The molecule has 1 fully saturated rings. The van der Waals surface area contributed by atoms with Crippen molar-refractivity contribution in [2.45, 2.75) is 29.8 Å². The van der Waals surface area contributed by atoms with Crippen LogP contribution in [0.5, 0.6) is 0 Å². The van der Waals surface area contributed by atoms with E-state index in [1.807, 2.05) is 0 Å². The molecule has 9 nitrogen and oxygen atoms in total. The second-order valence-electron chi connectivity index (χ2n) is 7.37. The van der Waals surface area contributed by atoms with Crippen molar-refractivity contribution in [3.63, 3.8) is 0 Å². The third-order valence-electron chi connectivity index (χ3n) is 5.18. The summed E-state index contributed by atoms with van der Waals surface area (Å²) in [6.45, 7) is 0.435. The fraction of sp³-hybridized carbons (Fsp3) is 0.316. The molecule has 1 aromatic carbocycles. The van der Waals surface area contributed by atoms with Crippen LogP contribution in [0.4, 0.5) is 22.7 Å². The molecule has 0 radical (unpaired) electrons. The molecule has 0 atom stereocenters. The molecule has 3 aromatic rings. The van der Waals surface area contributed by atoms with Crippen LogP contribution in [0.15, 0.2) is 41.7 Å². The van der Waals surface area contributed by atoms with E-state index in [2.05, 4.69) is 24.0 Å². The van der Waals surface area contributed by atoms with Gasteiger partial charge in [0.1, 0.15) is 17.0 Å². The highest BCUT2D eigenvalue weighted by molar-refractivity contribution is 7.93. The summed E-state index contributed by atoms with van der Waals surface area (Å²) >= 11 is 0.779. The van der Waals surface area contributed by atoms with Gasteiger partial charge in [-0.1, -0.05) is 0 Å². The lowest BCUT2D eigenvalue weighted by Gasteiger charge is -2.32. The maximum Gasteiger partial charge on any atom is 0.451 e. The standard InChI is InChI=1S/C19H16F4N6O3S2/c20-13-9-12(1-2-15(13)34(31,32)28-18-25-10-26-33-18)16(30)29-7-4-11(5-8-29)14-3-6-24-17(27-14)19(21,22)23/h1-3,6,9-11H,4-5,7-8H2,(H,25,26,28). The maximum atomic E-state index is 14.6. The zero-order valence-corrected chi connectivity index (χ0v) is 18.8. The first-order valence-corrected chi connectivity index (χ1v) is 12.1. The van der Waals surface area contributed by atoms with Crippen molar-refractivity contribution in [1.82, 2.24) is 24.2 Å². The van der Waals surface area contributed by atoms with Crippen molar-refractivity contribution in [2.24, 2.45) is 0 Å². The monoisotopic (exact) mass is 516 g/mol. The number of likely N-dealkylation sites (tertiary alicyclic amines) is 1. The number of piperidine rings is 1. The van der Waals surface area contributed by atoms with Crippen molar-refractivity contribution in [2.75, 3.05) is 17.8 Å². The number of anilines is 1. The fourth-order valence-electron chi connectivity index (χ4n) is 3.54. The van der Waals surface area contributed by atoms with Gasteiger partial charge in [-0.05, 0) is 37.1 Å². The van der Waals surface area contributed by atoms with Crippen LogP contribution in [0, 0.1) is 5.82 Å². The van der Waals surface area contributed by atoms with Crippen molar-refractivity contribution in [3.05, 3.63) is 59.7 Å². The number of hydrogen-bond donors (Lipinski definition) is 1.